The molecule has 0 aromatic heterocycles. The summed E-state index contributed by atoms with van der Waals surface area (Å²) in [4.78, 5) is 12.2. The summed E-state index contributed by atoms with van der Waals surface area (Å²) in [6, 6.07) is 12.4. The van der Waals surface area contributed by atoms with Gasteiger partial charge in [-0.2, -0.15) is 0 Å². The van der Waals surface area contributed by atoms with Crippen molar-refractivity contribution in [2.24, 2.45) is 0 Å². The minimum absolute atomic E-state index is 0.327. The molecular weight excluding hydrogens is 340 g/mol. The number of halogens is 1. The fraction of sp³-hybridized carbons (Fsp3) is 0.316. The summed E-state index contributed by atoms with van der Waals surface area (Å²) < 4.78 is 11.1. The Hall–Kier alpha value is -2.40. The Morgan fingerprint density at radius 2 is 1.80 bits per heavy atom. The van der Waals surface area contributed by atoms with Gasteiger partial charge in [-0.1, -0.05) is 43.6 Å². The predicted molar refractivity (Wildman–Crippen MR) is 101 cm³/mol. The number of amides is 2. The zero-order valence-electron chi connectivity index (χ0n) is 14.8. The summed E-state index contributed by atoms with van der Waals surface area (Å²) in [6.07, 6.45) is -0.509. The standard InChI is InChI=1S/C19H23ClN2O3/c1-12(2)15-7-5-6-8-17(15)25-13(3)21-19(23)22-16-11-14(20)9-10-18(16)24-4/h5-13H,1-4H3,(H2,21,22,23). The van der Waals surface area contributed by atoms with E-state index in [2.05, 4.69) is 24.5 Å². The van der Waals surface area contributed by atoms with E-state index in [0.29, 0.717) is 22.4 Å². The highest BCUT2D eigenvalue weighted by Crippen LogP contribution is 2.28. The zero-order valence-corrected chi connectivity index (χ0v) is 15.6. The molecule has 2 amide bonds. The van der Waals surface area contributed by atoms with Crippen LogP contribution in [0.25, 0.3) is 0 Å². The normalized spacial score (nSPS) is 11.8. The molecule has 2 aromatic rings. The van der Waals surface area contributed by atoms with Gasteiger partial charge in [-0.3, -0.25) is 0 Å². The van der Waals surface area contributed by atoms with Crippen LogP contribution in [-0.4, -0.2) is 19.4 Å². The molecule has 0 spiro atoms. The van der Waals surface area contributed by atoms with Gasteiger partial charge in [0.05, 0.1) is 12.8 Å². The van der Waals surface area contributed by atoms with E-state index >= 15 is 0 Å². The summed E-state index contributed by atoms with van der Waals surface area (Å²) >= 11 is 5.97. The second-order valence-electron chi connectivity index (χ2n) is 5.90. The molecule has 2 rings (SSSR count). The number of para-hydroxylation sites is 1. The van der Waals surface area contributed by atoms with Crippen LogP contribution in [0.4, 0.5) is 10.5 Å². The van der Waals surface area contributed by atoms with Crippen LogP contribution in [-0.2, 0) is 0 Å². The lowest BCUT2D eigenvalue weighted by atomic mass is 10.0. The number of anilines is 1. The highest BCUT2D eigenvalue weighted by atomic mass is 35.5. The first-order valence-electron chi connectivity index (χ1n) is 8.07. The smallest absolute Gasteiger partial charge is 0.322 e. The molecule has 1 atom stereocenters. The number of nitrogens with one attached hydrogen (secondary N) is 2. The fourth-order valence-electron chi connectivity index (χ4n) is 2.41. The zero-order chi connectivity index (χ0) is 18.4. The monoisotopic (exact) mass is 362 g/mol. The molecule has 0 aliphatic rings. The molecule has 0 fully saturated rings. The van der Waals surface area contributed by atoms with Crippen molar-refractivity contribution >= 4 is 23.3 Å². The highest BCUT2D eigenvalue weighted by molar-refractivity contribution is 6.31. The van der Waals surface area contributed by atoms with Crippen molar-refractivity contribution in [3.63, 3.8) is 0 Å². The SMILES string of the molecule is COc1ccc(Cl)cc1NC(=O)NC(C)Oc1ccccc1C(C)C. The molecule has 0 bridgehead atoms. The Balaban J connectivity index is 2.00. The van der Waals surface area contributed by atoms with Crippen molar-refractivity contribution in [1.82, 2.24) is 5.32 Å². The van der Waals surface area contributed by atoms with Gasteiger partial charge in [0.15, 0.2) is 6.23 Å². The van der Waals surface area contributed by atoms with E-state index in [1.807, 2.05) is 24.3 Å². The number of urea groups is 1. The van der Waals surface area contributed by atoms with Crippen LogP contribution >= 0.6 is 11.6 Å². The van der Waals surface area contributed by atoms with Crippen LogP contribution in [0.5, 0.6) is 11.5 Å². The Morgan fingerprint density at radius 1 is 1.08 bits per heavy atom. The van der Waals surface area contributed by atoms with Crippen molar-refractivity contribution < 1.29 is 14.3 Å². The molecular formula is C19H23ClN2O3. The molecule has 0 aliphatic carbocycles. The third-order valence-electron chi connectivity index (χ3n) is 3.59. The third-order valence-corrected chi connectivity index (χ3v) is 3.82. The molecule has 0 heterocycles. The van der Waals surface area contributed by atoms with Crippen molar-refractivity contribution in [3.8, 4) is 11.5 Å². The van der Waals surface area contributed by atoms with Crippen LogP contribution in [0, 0.1) is 0 Å². The first kappa shape index (κ1) is 18.9. The fourth-order valence-corrected chi connectivity index (χ4v) is 2.58. The van der Waals surface area contributed by atoms with E-state index in [0.717, 1.165) is 11.3 Å². The molecule has 25 heavy (non-hydrogen) atoms. The molecule has 2 aromatic carbocycles. The van der Waals surface area contributed by atoms with Crippen LogP contribution in [0.3, 0.4) is 0 Å². The number of ether oxygens (including phenoxy) is 2. The number of hydrogen-bond donors (Lipinski definition) is 2. The Morgan fingerprint density at radius 3 is 2.48 bits per heavy atom. The maximum absolute atomic E-state index is 12.2. The van der Waals surface area contributed by atoms with Crippen molar-refractivity contribution in [2.75, 3.05) is 12.4 Å². The van der Waals surface area contributed by atoms with Gasteiger partial charge in [0.2, 0.25) is 0 Å². The van der Waals surface area contributed by atoms with Crippen molar-refractivity contribution in [2.45, 2.75) is 32.9 Å². The lowest BCUT2D eigenvalue weighted by Gasteiger charge is -2.20. The van der Waals surface area contributed by atoms with Gasteiger partial charge < -0.3 is 20.1 Å². The second kappa shape index (κ2) is 8.62. The second-order valence-corrected chi connectivity index (χ2v) is 6.33. The summed E-state index contributed by atoms with van der Waals surface area (Å²) in [6.45, 7) is 5.96. The minimum Gasteiger partial charge on any atom is -0.495 e. The lowest BCUT2D eigenvalue weighted by molar-refractivity contribution is 0.181. The molecule has 2 N–H and O–H groups in total. The largest absolute Gasteiger partial charge is 0.495 e. The first-order chi connectivity index (χ1) is 11.9. The van der Waals surface area contributed by atoms with Gasteiger partial charge in [0, 0.05) is 5.02 Å². The van der Waals surface area contributed by atoms with Crippen LogP contribution in [0.2, 0.25) is 5.02 Å². The maximum atomic E-state index is 12.2. The van der Waals surface area contributed by atoms with Gasteiger partial charge in [0.25, 0.3) is 0 Å². The van der Waals surface area contributed by atoms with E-state index in [9.17, 15) is 4.79 Å². The van der Waals surface area contributed by atoms with Gasteiger partial charge in [0.1, 0.15) is 11.5 Å². The maximum Gasteiger partial charge on any atom is 0.322 e. The van der Waals surface area contributed by atoms with Gasteiger partial charge in [-0.15, -0.1) is 0 Å². The molecule has 0 radical (unpaired) electrons. The lowest BCUT2D eigenvalue weighted by Crippen LogP contribution is -2.39. The van der Waals surface area contributed by atoms with E-state index in [1.165, 1.54) is 7.11 Å². The third kappa shape index (κ3) is 5.29. The molecule has 0 saturated carbocycles. The van der Waals surface area contributed by atoms with E-state index in [4.69, 9.17) is 21.1 Å². The molecule has 0 aliphatic heterocycles. The van der Waals surface area contributed by atoms with Crippen molar-refractivity contribution in [3.05, 3.63) is 53.1 Å². The van der Waals surface area contributed by atoms with Crippen LogP contribution in [0.15, 0.2) is 42.5 Å². The Labute approximate surface area is 153 Å². The summed E-state index contributed by atoms with van der Waals surface area (Å²) in [5.74, 6) is 1.61. The number of carbonyl (C=O) groups is 1. The predicted octanol–water partition coefficient (Wildman–Crippen LogP) is 5.02. The Bertz CT molecular complexity index is 734. The van der Waals surface area contributed by atoms with E-state index in [1.54, 1.807) is 25.1 Å². The molecule has 1 unspecified atom stereocenters. The van der Waals surface area contributed by atoms with E-state index in [-0.39, 0.29) is 0 Å². The number of benzene rings is 2. The van der Waals surface area contributed by atoms with Crippen LogP contribution in [0.1, 0.15) is 32.3 Å². The summed E-state index contributed by atoms with van der Waals surface area (Å²) in [5.41, 5.74) is 1.58. The molecule has 6 heteroatoms. The highest BCUT2D eigenvalue weighted by Gasteiger charge is 2.14. The average molecular weight is 363 g/mol. The topological polar surface area (TPSA) is 59.6 Å². The quantitative estimate of drug-likeness (QED) is 0.709. The molecule has 134 valence electrons. The van der Waals surface area contributed by atoms with Crippen LogP contribution < -0.4 is 20.1 Å². The number of hydrogen-bond acceptors (Lipinski definition) is 3. The minimum atomic E-state index is -0.509. The van der Waals surface area contributed by atoms with Gasteiger partial charge in [-0.25, -0.2) is 4.79 Å². The summed E-state index contributed by atoms with van der Waals surface area (Å²) in [7, 11) is 1.53. The summed E-state index contributed by atoms with van der Waals surface area (Å²) in [5, 5.41) is 5.97. The van der Waals surface area contributed by atoms with Gasteiger partial charge >= 0.3 is 6.03 Å². The number of carbonyl (C=O) groups excluding carboxylic acids is 1. The average Bonchev–Trinajstić information content (AvgIpc) is 2.55. The molecule has 0 saturated heterocycles. The van der Waals surface area contributed by atoms with Gasteiger partial charge in [-0.05, 0) is 42.7 Å². The number of rotatable bonds is 6. The number of methoxy groups -OCH3 is 1. The first-order valence-corrected chi connectivity index (χ1v) is 8.45. The van der Waals surface area contributed by atoms with E-state index < -0.39 is 12.3 Å². The molecule has 5 nitrogen and oxygen atoms in total. The Kier molecular flexibility index (Phi) is 6.53. The van der Waals surface area contributed by atoms with Crippen molar-refractivity contribution in [1.29, 1.82) is 0 Å².